The Hall–Kier alpha value is -6.75. The van der Waals surface area contributed by atoms with Crippen molar-refractivity contribution in [2.45, 2.75) is 6.42 Å². The standard InChI is InChI=1S/C21H13Br.C20H12BrNO2.C18H15P/c22-14-9-10-15-13(11-14)12-20-18-7-2-1-5-16(18)17-6-3-4-8-19(17)21(15)20;21-14-9-10-18(20(12-14)22(23)24)19-11-13-5-1-2-6-15(13)16-7-3-4-8-17(16)19;1-4-10-16(11-5-1)19(17-12-6-2-7-13-17)18-14-8-3-9-15-18/h1-11H,12H2;1-12H;1-15H. The molecular weight excluding hydrogens is 945 g/mol. The van der Waals surface area contributed by atoms with E-state index in [1.54, 1.807) is 12.1 Å². The van der Waals surface area contributed by atoms with Gasteiger partial charge in [-0.2, -0.15) is 0 Å². The lowest BCUT2D eigenvalue weighted by molar-refractivity contribution is -0.384. The third-order valence-corrected chi connectivity index (χ3v) is 15.4. The van der Waals surface area contributed by atoms with Gasteiger partial charge in [0.1, 0.15) is 0 Å². The van der Waals surface area contributed by atoms with Crippen LogP contribution in [-0.2, 0) is 6.42 Å². The molecule has 0 heterocycles. The molecule has 0 saturated heterocycles. The molecule has 12 rings (SSSR count). The quantitative estimate of drug-likeness (QED) is 0.0746. The molecule has 312 valence electrons. The molecule has 0 radical (unpaired) electrons. The van der Waals surface area contributed by atoms with Crippen LogP contribution in [0.15, 0.2) is 239 Å². The highest BCUT2D eigenvalue weighted by molar-refractivity contribution is 9.10. The van der Waals surface area contributed by atoms with Crippen LogP contribution in [0.25, 0.3) is 65.3 Å². The Bertz CT molecular complexity index is 3430. The van der Waals surface area contributed by atoms with Crippen LogP contribution in [-0.4, -0.2) is 4.92 Å². The average molecular weight is 986 g/mol. The first-order chi connectivity index (χ1) is 31.9. The highest BCUT2D eigenvalue weighted by atomic mass is 79.9. The summed E-state index contributed by atoms with van der Waals surface area (Å²) >= 11 is 6.93. The molecule has 0 N–H and O–H groups in total. The van der Waals surface area contributed by atoms with E-state index in [4.69, 9.17) is 0 Å². The van der Waals surface area contributed by atoms with Crippen molar-refractivity contribution in [2.24, 2.45) is 0 Å². The molecule has 3 nitrogen and oxygen atoms in total. The van der Waals surface area contributed by atoms with E-state index < -0.39 is 7.92 Å². The molecule has 0 aromatic heterocycles. The van der Waals surface area contributed by atoms with E-state index >= 15 is 0 Å². The number of fused-ring (bicyclic) bond motifs is 11. The summed E-state index contributed by atoms with van der Waals surface area (Å²) in [4.78, 5) is 11.2. The van der Waals surface area contributed by atoms with E-state index in [1.807, 2.05) is 48.5 Å². The molecule has 0 fully saturated rings. The van der Waals surface area contributed by atoms with Gasteiger partial charge in [0, 0.05) is 15.0 Å². The lowest BCUT2D eigenvalue weighted by Gasteiger charge is -2.18. The molecule has 11 aromatic rings. The van der Waals surface area contributed by atoms with Crippen molar-refractivity contribution < 1.29 is 4.92 Å². The van der Waals surface area contributed by atoms with Gasteiger partial charge in [-0.1, -0.05) is 226 Å². The first-order valence-electron chi connectivity index (χ1n) is 21.4. The number of nitrogens with zero attached hydrogens (tertiary/aromatic N) is 1. The molecule has 11 aromatic carbocycles. The molecule has 6 heteroatoms. The van der Waals surface area contributed by atoms with E-state index in [-0.39, 0.29) is 10.6 Å². The molecule has 0 bridgehead atoms. The number of nitro benzene ring substituents is 1. The second kappa shape index (κ2) is 18.8. The van der Waals surface area contributed by atoms with Gasteiger partial charge in [-0.25, -0.2) is 0 Å². The number of hydrogen-bond acceptors (Lipinski definition) is 2. The van der Waals surface area contributed by atoms with Gasteiger partial charge in [0.05, 0.1) is 10.5 Å². The molecule has 0 aliphatic heterocycles. The molecule has 1 aliphatic rings. The van der Waals surface area contributed by atoms with Gasteiger partial charge in [0.15, 0.2) is 0 Å². The number of nitro groups is 1. The predicted octanol–water partition coefficient (Wildman–Crippen LogP) is 16.1. The summed E-state index contributed by atoms with van der Waals surface area (Å²) in [5.74, 6) is 0. The Balaban J connectivity index is 0.000000116. The zero-order valence-corrected chi connectivity index (χ0v) is 39.2. The average Bonchev–Trinajstić information content (AvgIpc) is 3.74. The van der Waals surface area contributed by atoms with Gasteiger partial charge in [0.25, 0.3) is 5.69 Å². The van der Waals surface area contributed by atoms with Crippen LogP contribution in [0.5, 0.6) is 0 Å². The topological polar surface area (TPSA) is 43.1 Å². The van der Waals surface area contributed by atoms with Crippen molar-refractivity contribution in [1.82, 2.24) is 0 Å². The summed E-state index contributed by atoms with van der Waals surface area (Å²) in [7, 11) is -0.446. The summed E-state index contributed by atoms with van der Waals surface area (Å²) in [6, 6.07) is 80.0. The third-order valence-electron chi connectivity index (χ3n) is 12.0. The fourth-order valence-electron chi connectivity index (χ4n) is 9.19. The minimum Gasteiger partial charge on any atom is -0.258 e. The van der Waals surface area contributed by atoms with Crippen molar-refractivity contribution in [3.05, 3.63) is 261 Å². The van der Waals surface area contributed by atoms with Crippen LogP contribution in [0.3, 0.4) is 0 Å². The maximum absolute atomic E-state index is 11.5. The lowest BCUT2D eigenvalue weighted by Crippen LogP contribution is -2.20. The first-order valence-corrected chi connectivity index (χ1v) is 24.4. The van der Waals surface area contributed by atoms with Crippen molar-refractivity contribution in [1.29, 1.82) is 0 Å². The fraction of sp³-hybridized carbons (Fsp3) is 0.0169. The second-order valence-electron chi connectivity index (χ2n) is 15.9. The summed E-state index contributed by atoms with van der Waals surface area (Å²) in [5.41, 5.74) is 7.32. The van der Waals surface area contributed by atoms with E-state index in [0.717, 1.165) is 38.0 Å². The van der Waals surface area contributed by atoms with Crippen molar-refractivity contribution >= 4 is 104 Å². The normalized spacial score (nSPS) is 11.4. The molecular formula is C59H40Br2NO2P. The van der Waals surface area contributed by atoms with E-state index in [2.05, 4.69) is 202 Å². The summed E-state index contributed by atoms with van der Waals surface area (Å²) in [5, 5.41) is 25.5. The van der Waals surface area contributed by atoms with E-state index in [0.29, 0.717) is 10.0 Å². The molecule has 0 unspecified atom stereocenters. The van der Waals surface area contributed by atoms with Crippen molar-refractivity contribution in [3.8, 4) is 22.3 Å². The highest BCUT2D eigenvalue weighted by Crippen LogP contribution is 2.46. The highest BCUT2D eigenvalue weighted by Gasteiger charge is 2.24. The van der Waals surface area contributed by atoms with Gasteiger partial charge in [-0.3, -0.25) is 10.1 Å². The van der Waals surface area contributed by atoms with Crippen molar-refractivity contribution in [3.63, 3.8) is 0 Å². The summed E-state index contributed by atoms with van der Waals surface area (Å²) in [6.45, 7) is 0. The minimum atomic E-state index is -0.446. The molecule has 0 saturated carbocycles. The zero-order valence-electron chi connectivity index (χ0n) is 35.1. The van der Waals surface area contributed by atoms with Crippen molar-refractivity contribution in [2.75, 3.05) is 0 Å². The Labute approximate surface area is 396 Å². The maximum atomic E-state index is 11.5. The third kappa shape index (κ3) is 8.52. The largest absolute Gasteiger partial charge is 0.278 e. The van der Waals surface area contributed by atoms with Crippen LogP contribution in [0, 0.1) is 10.1 Å². The second-order valence-corrected chi connectivity index (χ2v) is 19.9. The van der Waals surface area contributed by atoms with Gasteiger partial charge in [-0.15, -0.1) is 0 Å². The number of hydrogen-bond donors (Lipinski definition) is 0. The smallest absolute Gasteiger partial charge is 0.258 e. The Morgan fingerprint density at radius 2 is 0.831 bits per heavy atom. The molecule has 0 spiro atoms. The molecule has 0 atom stereocenters. The van der Waals surface area contributed by atoms with Gasteiger partial charge in [0.2, 0.25) is 0 Å². The SMILES string of the molecule is Brc1ccc2c(c1)Cc1c-2c2ccccc2c2ccccc12.O=[N+]([O-])c1cc(Br)ccc1-c1cc2ccccc2c2ccccc12.c1ccc(P(c2ccccc2)c2ccccc2)cc1. The number of halogens is 2. The van der Waals surface area contributed by atoms with E-state index in [9.17, 15) is 10.1 Å². The molecule has 1 aliphatic carbocycles. The minimum absolute atomic E-state index is 0.102. The van der Waals surface area contributed by atoms with Crippen LogP contribution < -0.4 is 15.9 Å². The van der Waals surface area contributed by atoms with Gasteiger partial charge < -0.3 is 0 Å². The van der Waals surface area contributed by atoms with Crippen LogP contribution in [0.4, 0.5) is 5.69 Å². The Morgan fingerprint density at radius 3 is 1.40 bits per heavy atom. The monoisotopic (exact) mass is 983 g/mol. The van der Waals surface area contributed by atoms with E-state index in [1.165, 1.54) is 59.7 Å². The zero-order chi connectivity index (χ0) is 44.3. The van der Waals surface area contributed by atoms with Crippen LogP contribution in [0.1, 0.15) is 11.1 Å². The summed E-state index contributed by atoms with van der Waals surface area (Å²) < 4.78 is 1.86. The fourth-order valence-corrected chi connectivity index (χ4v) is 12.3. The van der Waals surface area contributed by atoms with Gasteiger partial charge in [-0.05, 0) is 131 Å². The van der Waals surface area contributed by atoms with Crippen LogP contribution >= 0.6 is 39.8 Å². The maximum Gasteiger partial charge on any atom is 0.278 e. The van der Waals surface area contributed by atoms with Crippen LogP contribution in [0.2, 0.25) is 0 Å². The van der Waals surface area contributed by atoms with Gasteiger partial charge >= 0.3 is 0 Å². The Morgan fingerprint density at radius 1 is 0.400 bits per heavy atom. The molecule has 0 amide bonds. The Kier molecular flexibility index (Phi) is 12.2. The number of rotatable bonds is 5. The predicted molar refractivity (Wildman–Crippen MR) is 284 cm³/mol. The summed E-state index contributed by atoms with van der Waals surface area (Å²) in [6.07, 6.45) is 1.02. The first kappa shape index (κ1) is 42.2. The molecule has 65 heavy (non-hydrogen) atoms. The lowest BCUT2D eigenvalue weighted by atomic mass is 9.92. The number of benzene rings is 11.